The van der Waals surface area contributed by atoms with E-state index in [1.807, 2.05) is 0 Å². The molecule has 29 heavy (non-hydrogen) atoms. The molecule has 0 radical (unpaired) electrons. The molecule has 1 aliphatic heterocycles. The average molecular weight is 418 g/mol. The molecule has 2 aromatic rings. The highest BCUT2D eigenvalue weighted by atomic mass is 35.5. The molecule has 152 valence electrons. The van der Waals surface area contributed by atoms with Gasteiger partial charge in [0.05, 0.1) is 24.4 Å². The summed E-state index contributed by atoms with van der Waals surface area (Å²) in [5.41, 5.74) is 0.910. The molecule has 1 saturated heterocycles. The molecule has 2 amide bonds. The summed E-state index contributed by atoms with van der Waals surface area (Å²) in [5, 5.41) is 2.69. The Bertz CT molecular complexity index is 936. The highest BCUT2D eigenvalue weighted by Crippen LogP contribution is 2.33. The van der Waals surface area contributed by atoms with Gasteiger partial charge in [-0.15, -0.1) is 0 Å². The Morgan fingerprint density at radius 1 is 1.28 bits per heavy atom. The van der Waals surface area contributed by atoms with Gasteiger partial charge in [0.2, 0.25) is 5.91 Å². The van der Waals surface area contributed by atoms with E-state index in [1.54, 1.807) is 36.4 Å². The molecule has 1 aromatic heterocycles. The molecular formula is C20H20ClN3O5. The zero-order chi connectivity index (χ0) is 21.0. The number of nitrogens with zero attached hydrogens (tertiary/aromatic N) is 2. The molecule has 1 aromatic carbocycles. The number of amides is 2. The minimum Gasteiger partial charge on any atom is -0.495 e. The van der Waals surface area contributed by atoms with Crippen molar-refractivity contribution in [3.63, 3.8) is 0 Å². The zero-order valence-corrected chi connectivity index (χ0v) is 16.7. The third-order valence-electron chi connectivity index (χ3n) is 4.51. The Kier molecular flexibility index (Phi) is 6.33. The molecule has 0 saturated carbocycles. The summed E-state index contributed by atoms with van der Waals surface area (Å²) in [5.74, 6) is -1.51. The number of rotatable bonds is 6. The molecule has 9 heteroatoms. The van der Waals surface area contributed by atoms with Gasteiger partial charge < -0.3 is 19.7 Å². The fourth-order valence-electron chi connectivity index (χ4n) is 2.99. The van der Waals surface area contributed by atoms with Crippen molar-refractivity contribution in [2.75, 3.05) is 23.9 Å². The standard InChI is InChI=1S/C20H20ClN3O5/c1-12(19(26)23-14-6-5-9-22-18(14)21)29-20(27)13-10-17(25)24(11-13)15-7-3-4-8-16(15)28-2/h3-9,12-13H,10-11H2,1-2H3,(H,23,26)/t12-,13-/m0/s1. The molecule has 0 bridgehead atoms. The zero-order valence-electron chi connectivity index (χ0n) is 15.9. The lowest BCUT2D eigenvalue weighted by Gasteiger charge is -2.20. The van der Waals surface area contributed by atoms with Crippen LogP contribution in [0.4, 0.5) is 11.4 Å². The lowest BCUT2D eigenvalue weighted by Crippen LogP contribution is -2.33. The Hall–Kier alpha value is -3.13. The molecular weight excluding hydrogens is 398 g/mol. The van der Waals surface area contributed by atoms with E-state index in [2.05, 4.69) is 10.3 Å². The van der Waals surface area contributed by atoms with Crippen molar-refractivity contribution in [1.82, 2.24) is 4.98 Å². The van der Waals surface area contributed by atoms with Gasteiger partial charge in [-0.05, 0) is 31.2 Å². The number of para-hydroxylation sites is 2. The quantitative estimate of drug-likeness (QED) is 0.573. The number of ether oxygens (including phenoxy) is 2. The topological polar surface area (TPSA) is 97.8 Å². The highest BCUT2D eigenvalue weighted by Gasteiger charge is 2.38. The van der Waals surface area contributed by atoms with E-state index in [1.165, 1.54) is 25.1 Å². The van der Waals surface area contributed by atoms with Crippen LogP contribution in [0.25, 0.3) is 0 Å². The number of nitrogens with one attached hydrogen (secondary N) is 1. The Morgan fingerprint density at radius 3 is 2.76 bits per heavy atom. The lowest BCUT2D eigenvalue weighted by atomic mass is 10.1. The summed E-state index contributed by atoms with van der Waals surface area (Å²) in [6.45, 7) is 1.60. The van der Waals surface area contributed by atoms with Crippen molar-refractivity contribution in [2.24, 2.45) is 5.92 Å². The second-order valence-corrected chi connectivity index (χ2v) is 6.85. The Labute approximate surface area is 172 Å². The first-order chi connectivity index (χ1) is 13.9. The molecule has 0 unspecified atom stereocenters. The van der Waals surface area contributed by atoms with E-state index >= 15 is 0 Å². The van der Waals surface area contributed by atoms with E-state index < -0.39 is 23.9 Å². The van der Waals surface area contributed by atoms with Crippen molar-refractivity contribution < 1.29 is 23.9 Å². The lowest BCUT2D eigenvalue weighted by molar-refractivity contribution is -0.157. The summed E-state index contributed by atoms with van der Waals surface area (Å²) in [4.78, 5) is 42.6. The van der Waals surface area contributed by atoms with Crippen molar-refractivity contribution in [2.45, 2.75) is 19.4 Å². The van der Waals surface area contributed by atoms with Gasteiger partial charge in [-0.1, -0.05) is 23.7 Å². The van der Waals surface area contributed by atoms with E-state index in [0.29, 0.717) is 17.1 Å². The van der Waals surface area contributed by atoms with Gasteiger partial charge in [0.1, 0.15) is 5.75 Å². The largest absolute Gasteiger partial charge is 0.495 e. The normalized spacial score (nSPS) is 17.0. The minimum absolute atomic E-state index is 0.000343. The molecule has 1 N–H and O–H groups in total. The van der Waals surface area contributed by atoms with Gasteiger partial charge in [-0.3, -0.25) is 14.4 Å². The van der Waals surface area contributed by atoms with Crippen LogP contribution in [0.5, 0.6) is 5.75 Å². The second kappa shape index (κ2) is 8.91. The van der Waals surface area contributed by atoms with Crippen molar-refractivity contribution >= 4 is 40.8 Å². The number of anilines is 2. The molecule has 0 aliphatic carbocycles. The van der Waals surface area contributed by atoms with Crippen LogP contribution in [-0.2, 0) is 19.1 Å². The number of hydrogen-bond donors (Lipinski definition) is 1. The SMILES string of the molecule is COc1ccccc1N1C[C@@H](C(=O)O[C@@H](C)C(=O)Nc2cccnc2Cl)CC1=O. The van der Waals surface area contributed by atoms with Crippen LogP contribution in [0.1, 0.15) is 13.3 Å². The first-order valence-electron chi connectivity index (χ1n) is 8.96. The maximum Gasteiger partial charge on any atom is 0.312 e. The third kappa shape index (κ3) is 4.65. The summed E-state index contributed by atoms with van der Waals surface area (Å²) < 4.78 is 10.6. The first-order valence-corrected chi connectivity index (χ1v) is 9.33. The van der Waals surface area contributed by atoms with E-state index in [9.17, 15) is 14.4 Å². The summed E-state index contributed by atoms with van der Waals surface area (Å²) in [6.07, 6.45) is 0.431. The van der Waals surface area contributed by atoms with Crippen LogP contribution >= 0.6 is 11.6 Å². The number of esters is 1. The summed E-state index contributed by atoms with van der Waals surface area (Å²) >= 11 is 5.91. The van der Waals surface area contributed by atoms with E-state index in [-0.39, 0.29) is 24.0 Å². The van der Waals surface area contributed by atoms with Crippen LogP contribution in [-0.4, -0.2) is 42.5 Å². The van der Waals surface area contributed by atoms with Gasteiger partial charge in [-0.25, -0.2) is 4.98 Å². The predicted octanol–water partition coefficient (Wildman–Crippen LogP) is 2.67. The van der Waals surface area contributed by atoms with Crippen LogP contribution in [0, 0.1) is 5.92 Å². The Morgan fingerprint density at radius 2 is 2.03 bits per heavy atom. The number of benzene rings is 1. The number of aromatic nitrogens is 1. The van der Waals surface area contributed by atoms with Crippen LogP contribution < -0.4 is 15.0 Å². The number of carbonyl (C=O) groups excluding carboxylic acids is 3. The van der Waals surface area contributed by atoms with Gasteiger partial charge in [-0.2, -0.15) is 0 Å². The number of hydrogen-bond acceptors (Lipinski definition) is 6. The van der Waals surface area contributed by atoms with Gasteiger partial charge in [0.15, 0.2) is 11.3 Å². The molecule has 8 nitrogen and oxygen atoms in total. The molecule has 2 heterocycles. The molecule has 3 rings (SSSR count). The smallest absolute Gasteiger partial charge is 0.312 e. The van der Waals surface area contributed by atoms with Crippen molar-refractivity contribution in [3.05, 3.63) is 47.7 Å². The Balaban J connectivity index is 1.61. The summed E-state index contributed by atoms with van der Waals surface area (Å²) in [6, 6.07) is 10.3. The molecule has 1 fully saturated rings. The number of halogens is 1. The van der Waals surface area contributed by atoms with Gasteiger partial charge in [0.25, 0.3) is 5.91 Å². The average Bonchev–Trinajstić information content (AvgIpc) is 3.11. The van der Waals surface area contributed by atoms with Crippen molar-refractivity contribution in [1.29, 1.82) is 0 Å². The van der Waals surface area contributed by atoms with Crippen LogP contribution in [0.2, 0.25) is 5.15 Å². The molecule has 0 spiro atoms. The molecule has 2 atom stereocenters. The highest BCUT2D eigenvalue weighted by molar-refractivity contribution is 6.32. The van der Waals surface area contributed by atoms with Gasteiger partial charge in [0, 0.05) is 19.2 Å². The molecule has 1 aliphatic rings. The number of carbonyl (C=O) groups is 3. The third-order valence-corrected chi connectivity index (χ3v) is 4.81. The maximum absolute atomic E-state index is 12.5. The number of pyridine rings is 1. The number of methoxy groups -OCH3 is 1. The van der Waals surface area contributed by atoms with Crippen LogP contribution in [0.3, 0.4) is 0 Å². The van der Waals surface area contributed by atoms with Gasteiger partial charge >= 0.3 is 5.97 Å². The fraction of sp³-hybridized carbons (Fsp3) is 0.300. The van der Waals surface area contributed by atoms with Crippen LogP contribution in [0.15, 0.2) is 42.6 Å². The first kappa shape index (κ1) is 20.6. The second-order valence-electron chi connectivity index (χ2n) is 6.49. The maximum atomic E-state index is 12.5. The fourth-order valence-corrected chi connectivity index (χ4v) is 3.16. The van der Waals surface area contributed by atoms with E-state index in [0.717, 1.165) is 0 Å². The van der Waals surface area contributed by atoms with E-state index in [4.69, 9.17) is 21.1 Å². The minimum atomic E-state index is -1.06. The van der Waals surface area contributed by atoms with Crippen molar-refractivity contribution in [3.8, 4) is 5.75 Å². The monoisotopic (exact) mass is 417 g/mol. The predicted molar refractivity (Wildman–Crippen MR) is 107 cm³/mol. The summed E-state index contributed by atoms with van der Waals surface area (Å²) in [7, 11) is 1.51.